The van der Waals surface area contributed by atoms with Gasteiger partial charge in [-0.15, -0.1) is 0 Å². The lowest BCUT2D eigenvalue weighted by molar-refractivity contribution is 0.289. The molecule has 1 aliphatic rings. The Kier molecular flexibility index (Phi) is 7.20. The summed E-state index contributed by atoms with van der Waals surface area (Å²) in [6.45, 7) is 13.2. The highest BCUT2D eigenvalue weighted by molar-refractivity contribution is 5.39. The van der Waals surface area contributed by atoms with Crippen molar-refractivity contribution in [3.63, 3.8) is 0 Å². The van der Waals surface area contributed by atoms with Crippen LogP contribution in [0.4, 0.5) is 0 Å². The van der Waals surface area contributed by atoms with E-state index in [2.05, 4.69) is 42.3 Å². The van der Waals surface area contributed by atoms with Crippen molar-refractivity contribution in [3.8, 4) is 5.75 Å². The fourth-order valence-corrected chi connectivity index (χ4v) is 3.12. The normalized spacial score (nSPS) is 16.7. The maximum absolute atomic E-state index is 5.75. The Hall–Kier alpha value is -1.06. The molecule has 1 N–H and O–H groups in total. The Bertz CT molecular complexity index is 437. The van der Waals surface area contributed by atoms with E-state index in [9.17, 15) is 0 Å². The molecule has 1 aromatic carbocycles. The fourth-order valence-electron chi connectivity index (χ4n) is 3.12. The van der Waals surface area contributed by atoms with E-state index in [1.165, 1.54) is 50.1 Å². The highest BCUT2D eigenvalue weighted by Gasteiger charge is 2.10. The minimum Gasteiger partial charge on any atom is -0.494 e. The minimum absolute atomic E-state index is 0.512. The monoisotopic (exact) mass is 304 g/mol. The summed E-state index contributed by atoms with van der Waals surface area (Å²) in [7, 11) is 0. The summed E-state index contributed by atoms with van der Waals surface area (Å²) in [6, 6.07) is 6.74. The second-order valence-electron chi connectivity index (χ2n) is 6.51. The molecule has 0 unspecified atom stereocenters. The molecule has 1 aliphatic heterocycles. The number of benzene rings is 1. The third kappa shape index (κ3) is 5.29. The average molecular weight is 304 g/mol. The molecule has 3 nitrogen and oxygen atoms in total. The Morgan fingerprint density at radius 3 is 2.86 bits per heavy atom. The lowest BCUT2D eigenvalue weighted by Crippen LogP contribution is -2.29. The van der Waals surface area contributed by atoms with Crippen molar-refractivity contribution in [2.75, 3.05) is 39.3 Å². The van der Waals surface area contributed by atoms with Crippen LogP contribution in [0, 0.1) is 0 Å². The SMILES string of the molecule is CCOc1ccc(CCCN2CCCNCC2)cc1C(C)C. The summed E-state index contributed by atoms with van der Waals surface area (Å²) in [4.78, 5) is 2.60. The van der Waals surface area contributed by atoms with Gasteiger partial charge in [0.1, 0.15) is 5.75 Å². The van der Waals surface area contributed by atoms with E-state index in [4.69, 9.17) is 4.74 Å². The fraction of sp³-hybridized carbons (Fsp3) is 0.684. The van der Waals surface area contributed by atoms with Gasteiger partial charge in [-0.3, -0.25) is 0 Å². The van der Waals surface area contributed by atoms with E-state index in [-0.39, 0.29) is 0 Å². The van der Waals surface area contributed by atoms with Crippen LogP contribution in [0.2, 0.25) is 0 Å². The molecule has 0 saturated carbocycles. The summed E-state index contributed by atoms with van der Waals surface area (Å²) < 4.78 is 5.75. The van der Waals surface area contributed by atoms with Gasteiger partial charge in [-0.25, -0.2) is 0 Å². The lowest BCUT2D eigenvalue weighted by atomic mass is 9.97. The molecule has 3 heteroatoms. The van der Waals surface area contributed by atoms with Crippen molar-refractivity contribution in [2.45, 2.75) is 46.0 Å². The Morgan fingerprint density at radius 1 is 1.23 bits per heavy atom. The number of rotatable bonds is 7. The molecule has 0 aromatic heterocycles. The highest BCUT2D eigenvalue weighted by atomic mass is 16.5. The van der Waals surface area contributed by atoms with E-state index in [1.54, 1.807) is 0 Å². The van der Waals surface area contributed by atoms with Gasteiger partial charge in [0.05, 0.1) is 6.61 Å². The molecule has 1 aromatic rings. The predicted octanol–water partition coefficient (Wildman–Crippen LogP) is 3.44. The maximum Gasteiger partial charge on any atom is 0.122 e. The first-order valence-electron chi connectivity index (χ1n) is 8.89. The van der Waals surface area contributed by atoms with E-state index in [0.29, 0.717) is 5.92 Å². The van der Waals surface area contributed by atoms with Crippen LogP contribution in [-0.2, 0) is 6.42 Å². The van der Waals surface area contributed by atoms with Crippen molar-refractivity contribution in [2.24, 2.45) is 0 Å². The quantitative estimate of drug-likeness (QED) is 0.835. The molecule has 0 bridgehead atoms. The van der Waals surface area contributed by atoms with Crippen molar-refractivity contribution >= 4 is 0 Å². The predicted molar refractivity (Wildman–Crippen MR) is 93.9 cm³/mol. The zero-order valence-electron chi connectivity index (χ0n) is 14.5. The Morgan fingerprint density at radius 2 is 2.09 bits per heavy atom. The van der Waals surface area contributed by atoms with Crippen molar-refractivity contribution < 1.29 is 4.74 Å². The molecule has 2 rings (SSSR count). The number of hydrogen-bond donors (Lipinski definition) is 1. The summed E-state index contributed by atoms with van der Waals surface area (Å²) in [6.07, 6.45) is 3.68. The first kappa shape index (κ1) is 17.3. The smallest absolute Gasteiger partial charge is 0.122 e. The van der Waals surface area contributed by atoms with Gasteiger partial charge in [-0.2, -0.15) is 0 Å². The molecule has 0 amide bonds. The summed E-state index contributed by atoms with van der Waals surface area (Å²) in [5.41, 5.74) is 2.79. The van der Waals surface area contributed by atoms with Crippen LogP contribution in [-0.4, -0.2) is 44.2 Å². The molecule has 124 valence electrons. The summed E-state index contributed by atoms with van der Waals surface area (Å²) >= 11 is 0. The van der Waals surface area contributed by atoms with Crippen LogP contribution in [0.25, 0.3) is 0 Å². The van der Waals surface area contributed by atoms with Crippen molar-refractivity contribution in [1.29, 1.82) is 0 Å². The second-order valence-corrected chi connectivity index (χ2v) is 6.51. The zero-order chi connectivity index (χ0) is 15.8. The Labute approximate surface area is 136 Å². The standard InChI is InChI=1S/C19H32N2O/c1-4-22-19-9-8-17(15-18(19)16(2)3)7-5-12-21-13-6-10-20-11-14-21/h8-9,15-16,20H,4-7,10-14H2,1-3H3. The molecule has 1 heterocycles. The molecule has 0 aliphatic carbocycles. The van der Waals surface area contributed by atoms with Gasteiger partial charge < -0.3 is 15.0 Å². The van der Waals surface area contributed by atoms with E-state index < -0.39 is 0 Å². The largest absolute Gasteiger partial charge is 0.494 e. The molecular weight excluding hydrogens is 272 g/mol. The molecular formula is C19H32N2O. The first-order chi connectivity index (χ1) is 10.7. The van der Waals surface area contributed by atoms with Crippen LogP contribution < -0.4 is 10.1 Å². The van der Waals surface area contributed by atoms with E-state index in [1.807, 2.05) is 6.92 Å². The maximum atomic E-state index is 5.75. The Balaban J connectivity index is 1.87. The number of nitrogens with zero attached hydrogens (tertiary/aromatic N) is 1. The van der Waals surface area contributed by atoms with Crippen LogP contribution in [0.3, 0.4) is 0 Å². The topological polar surface area (TPSA) is 24.5 Å². The minimum atomic E-state index is 0.512. The third-order valence-electron chi connectivity index (χ3n) is 4.37. The van der Waals surface area contributed by atoms with Crippen molar-refractivity contribution in [1.82, 2.24) is 10.2 Å². The zero-order valence-corrected chi connectivity index (χ0v) is 14.5. The van der Waals surface area contributed by atoms with Crippen molar-refractivity contribution in [3.05, 3.63) is 29.3 Å². The molecule has 0 atom stereocenters. The average Bonchev–Trinajstić information content (AvgIpc) is 2.77. The molecule has 22 heavy (non-hydrogen) atoms. The summed E-state index contributed by atoms with van der Waals surface area (Å²) in [5.74, 6) is 1.57. The first-order valence-corrected chi connectivity index (χ1v) is 8.89. The molecule has 1 fully saturated rings. The van der Waals surface area contributed by atoms with Gasteiger partial charge in [0, 0.05) is 13.1 Å². The van der Waals surface area contributed by atoms with Crippen LogP contribution in [0.1, 0.15) is 50.7 Å². The van der Waals surface area contributed by atoms with Crippen LogP contribution in [0.15, 0.2) is 18.2 Å². The van der Waals surface area contributed by atoms with Gasteiger partial charge in [-0.1, -0.05) is 26.0 Å². The van der Waals surface area contributed by atoms with E-state index in [0.717, 1.165) is 25.3 Å². The number of nitrogens with one attached hydrogen (secondary N) is 1. The second kappa shape index (κ2) is 9.16. The van der Waals surface area contributed by atoms with E-state index >= 15 is 0 Å². The molecule has 1 saturated heterocycles. The highest BCUT2D eigenvalue weighted by Crippen LogP contribution is 2.28. The van der Waals surface area contributed by atoms with Crippen LogP contribution >= 0.6 is 0 Å². The van der Waals surface area contributed by atoms with Gasteiger partial charge in [0.25, 0.3) is 0 Å². The molecule has 0 spiro atoms. The third-order valence-corrected chi connectivity index (χ3v) is 4.37. The van der Waals surface area contributed by atoms with Gasteiger partial charge >= 0.3 is 0 Å². The lowest BCUT2D eigenvalue weighted by Gasteiger charge is -2.19. The van der Waals surface area contributed by atoms with Gasteiger partial charge in [0.15, 0.2) is 0 Å². The molecule has 0 radical (unpaired) electrons. The summed E-state index contributed by atoms with van der Waals surface area (Å²) in [5, 5.41) is 3.47. The number of ether oxygens (including phenoxy) is 1. The van der Waals surface area contributed by atoms with Gasteiger partial charge in [-0.05, 0) is 68.9 Å². The van der Waals surface area contributed by atoms with Crippen LogP contribution in [0.5, 0.6) is 5.75 Å². The number of hydrogen-bond acceptors (Lipinski definition) is 3. The van der Waals surface area contributed by atoms with Gasteiger partial charge in [0.2, 0.25) is 0 Å². The number of aryl methyl sites for hydroxylation is 1.